The lowest BCUT2D eigenvalue weighted by Gasteiger charge is -2.40. The van der Waals surface area contributed by atoms with Gasteiger partial charge in [-0.1, -0.05) is 274 Å². The molecule has 6 N–H and O–H groups in total. The van der Waals surface area contributed by atoms with E-state index >= 15 is 0 Å². The summed E-state index contributed by atoms with van der Waals surface area (Å²) in [5, 5.41) is 54.6. The summed E-state index contributed by atoms with van der Waals surface area (Å²) in [4.78, 5) is 13.1. The van der Waals surface area contributed by atoms with Crippen molar-refractivity contribution in [3.8, 4) is 0 Å². The van der Waals surface area contributed by atoms with Crippen molar-refractivity contribution in [1.82, 2.24) is 5.32 Å². The zero-order chi connectivity index (χ0) is 52.2. The highest BCUT2D eigenvalue weighted by atomic mass is 16.7. The van der Waals surface area contributed by atoms with Gasteiger partial charge in [-0.3, -0.25) is 4.79 Å². The number of ether oxygens (including phenoxy) is 2. The maximum atomic E-state index is 13.1. The fourth-order valence-electron chi connectivity index (χ4n) is 9.75. The van der Waals surface area contributed by atoms with Crippen LogP contribution >= 0.6 is 0 Å². The number of hydrogen-bond donors (Lipinski definition) is 6. The normalized spacial score (nSPS) is 19.5. The molecule has 0 spiro atoms. The number of carbonyl (C=O) groups is 1. The summed E-state index contributed by atoms with van der Waals surface area (Å²) in [5.74, 6) is -0.176. The van der Waals surface area contributed by atoms with Gasteiger partial charge in [0.05, 0.1) is 25.4 Å². The average Bonchev–Trinajstić information content (AvgIpc) is 3.38. The highest BCUT2D eigenvalue weighted by Crippen LogP contribution is 2.23. The molecule has 72 heavy (non-hydrogen) atoms. The number of hydrogen-bond acceptors (Lipinski definition) is 8. The standard InChI is InChI=1S/C63H117NO8/c1-3-5-7-9-11-13-15-17-19-21-23-25-27-28-29-30-31-33-35-37-39-41-43-45-47-49-51-53-59(67)64-56(55-71-63-62(70)61(69)60(68)58(54-65)72-63)57(66)52-50-48-46-44-42-40-38-36-34-32-26-24-22-20-18-16-14-12-10-8-6-4-2/h15,17,21,23,27-28,50,52,56-58,60-63,65-66,68-70H,3-14,16,18-20,22,24-26,29-49,51,53-55H2,1-2H3,(H,64,67)/b17-15-,23-21-,28-27-,52-50+. The first-order chi connectivity index (χ1) is 35.3. The summed E-state index contributed by atoms with van der Waals surface area (Å²) in [5.41, 5.74) is 0. The van der Waals surface area contributed by atoms with Gasteiger partial charge in [-0.15, -0.1) is 0 Å². The van der Waals surface area contributed by atoms with Crippen molar-refractivity contribution in [3.63, 3.8) is 0 Å². The molecule has 1 aliphatic heterocycles. The highest BCUT2D eigenvalue weighted by molar-refractivity contribution is 5.76. The lowest BCUT2D eigenvalue weighted by molar-refractivity contribution is -0.302. The lowest BCUT2D eigenvalue weighted by Crippen LogP contribution is -2.60. The van der Waals surface area contributed by atoms with Crippen LogP contribution < -0.4 is 5.32 Å². The molecule has 0 aliphatic carbocycles. The van der Waals surface area contributed by atoms with Crippen LogP contribution in [0.4, 0.5) is 0 Å². The molecule has 0 aromatic carbocycles. The van der Waals surface area contributed by atoms with Gasteiger partial charge in [0, 0.05) is 6.42 Å². The van der Waals surface area contributed by atoms with E-state index in [1.54, 1.807) is 6.08 Å². The molecular weight excluding hydrogens is 899 g/mol. The van der Waals surface area contributed by atoms with E-state index in [0.717, 1.165) is 51.4 Å². The fourth-order valence-corrected chi connectivity index (χ4v) is 9.75. The molecule has 9 heteroatoms. The van der Waals surface area contributed by atoms with Crippen LogP contribution in [0.1, 0.15) is 290 Å². The van der Waals surface area contributed by atoms with Crippen molar-refractivity contribution in [1.29, 1.82) is 0 Å². The third kappa shape index (κ3) is 41.4. The third-order valence-corrected chi connectivity index (χ3v) is 14.6. The van der Waals surface area contributed by atoms with E-state index in [2.05, 4.69) is 55.6 Å². The highest BCUT2D eigenvalue weighted by Gasteiger charge is 2.44. The molecule has 1 heterocycles. The fraction of sp³-hybridized carbons (Fsp3) is 0.857. The van der Waals surface area contributed by atoms with Crippen LogP contribution in [0.15, 0.2) is 48.6 Å². The van der Waals surface area contributed by atoms with E-state index in [0.29, 0.717) is 6.42 Å². The Kier molecular flexibility index (Phi) is 49.8. The zero-order valence-electron chi connectivity index (χ0n) is 46.9. The third-order valence-electron chi connectivity index (χ3n) is 14.6. The SMILES string of the molecule is CCCCCCC/C=C\C/C=C\C/C=C\CCCCCCCCCCCCCCC(=O)NC(COC1OC(CO)C(O)C(O)C1O)C(O)/C=C/CCCCCCCCCCCCCCCCCCCCCC. The minimum Gasteiger partial charge on any atom is -0.394 e. The van der Waals surface area contributed by atoms with Gasteiger partial charge < -0.3 is 40.3 Å². The van der Waals surface area contributed by atoms with Crippen molar-refractivity contribution in [2.75, 3.05) is 13.2 Å². The van der Waals surface area contributed by atoms with Crippen LogP contribution in [0.25, 0.3) is 0 Å². The second-order valence-corrected chi connectivity index (χ2v) is 21.5. The van der Waals surface area contributed by atoms with Crippen LogP contribution in [0.3, 0.4) is 0 Å². The predicted molar refractivity (Wildman–Crippen MR) is 304 cm³/mol. The Labute approximate surface area is 444 Å². The average molecular weight is 1020 g/mol. The molecule has 0 aromatic rings. The Bertz CT molecular complexity index is 1270. The number of aliphatic hydroxyl groups excluding tert-OH is 5. The number of carbonyl (C=O) groups excluding carboxylic acids is 1. The lowest BCUT2D eigenvalue weighted by atomic mass is 9.99. The second-order valence-electron chi connectivity index (χ2n) is 21.5. The van der Waals surface area contributed by atoms with Crippen molar-refractivity contribution in [2.24, 2.45) is 0 Å². The topological polar surface area (TPSA) is 149 Å². The molecule has 0 saturated carbocycles. The number of aliphatic hydroxyl groups is 5. The van der Waals surface area contributed by atoms with Gasteiger partial charge in [-0.05, 0) is 57.8 Å². The maximum Gasteiger partial charge on any atom is 0.220 e. The molecule has 1 rings (SSSR count). The number of allylic oxidation sites excluding steroid dienone is 7. The number of amides is 1. The van der Waals surface area contributed by atoms with Crippen LogP contribution in [0.5, 0.6) is 0 Å². The summed E-state index contributed by atoms with van der Waals surface area (Å²) in [6, 6.07) is -0.808. The molecule has 0 radical (unpaired) electrons. The molecule has 7 unspecified atom stereocenters. The van der Waals surface area contributed by atoms with Gasteiger partial charge in [-0.2, -0.15) is 0 Å². The molecule has 0 bridgehead atoms. The van der Waals surface area contributed by atoms with Gasteiger partial charge in [0.25, 0.3) is 0 Å². The van der Waals surface area contributed by atoms with E-state index in [-0.39, 0.29) is 12.5 Å². The Morgan fingerprint density at radius 2 is 0.819 bits per heavy atom. The first-order valence-corrected chi connectivity index (χ1v) is 30.9. The Balaban J connectivity index is 2.20. The smallest absolute Gasteiger partial charge is 0.220 e. The maximum absolute atomic E-state index is 13.1. The van der Waals surface area contributed by atoms with Gasteiger partial charge in [-0.25, -0.2) is 0 Å². The summed E-state index contributed by atoms with van der Waals surface area (Å²) in [6.45, 7) is 3.80. The second kappa shape index (κ2) is 52.6. The van der Waals surface area contributed by atoms with E-state index in [9.17, 15) is 30.3 Å². The monoisotopic (exact) mass is 1020 g/mol. The van der Waals surface area contributed by atoms with E-state index in [1.165, 1.54) is 218 Å². The Morgan fingerprint density at radius 3 is 1.21 bits per heavy atom. The largest absolute Gasteiger partial charge is 0.394 e. The molecule has 422 valence electrons. The number of nitrogens with one attached hydrogen (secondary N) is 1. The summed E-state index contributed by atoms with van der Waals surface area (Å²) < 4.78 is 11.3. The van der Waals surface area contributed by atoms with Crippen LogP contribution in [0.2, 0.25) is 0 Å². The molecule has 1 saturated heterocycles. The molecule has 1 amide bonds. The summed E-state index contributed by atoms with van der Waals surface area (Å²) in [6.07, 6.45) is 63.2. The molecule has 1 aliphatic rings. The Hall–Kier alpha value is -1.85. The minimum atomic E-state index is -1.57. The number of unbranched alkanes of at least 4 members (excludes halogenated alkanes) is 37. The Morgan fingerprint density at radius 1 is 0.472 bits per heavy atom. The first-order valence-electron chi connectivity index (χ1n) is 30.9. The molecule has 1 fully saturated rings. The van der Waals surface area contributed by atoms with Crippen molar-refractivity contribution in [2.45, 2.75) is 333 Å². The molecule has 9 nitrogen and oxygen atoms in total. The van der Waals surface area contributed by atoms with E-state index in [4.69, 9.17) is 9.47 Å². The minimum absolute atomic E-state index is 0.176. The van der Waals surface area contributed by atoms with Crippen LogP contribution in [-0.4, -0.2) is 87.5 Å². The van der Waals surface area contributed by atoms with E-state index in [1.807, 2.05) is 6.08 Å². The quantitative estimate of drug-likeness (QED) is 0.0261. The summed E-state index contributed by atoms with van der Waals surface area (Å²) >= 11 is 0. The van der Waals surface area contributed by atoms with Crippen molar-refractivity contribution < 1.29 is 39.8 Å². The van der Waals surface area contributed by atoms with Crippen molar-refractivity contribution >= 4 is 5.91 Å². The van der Waals surface area contributed by atoms with E-state index < -0.39 is 49.5 Å². The number of rotatable bonds is 53. The first kappa shape index (κ1) is 68.2. The summed E-state index contributed by atoms with van der Waals surface area (Å²) in [7, 11) is 0. The van der Waals surface area contributed by atoms with Gasteiger partial charge in [0.2, 0.25) is 5.91 Å². The zero-order valence-corrected chi connectivity index (χ0v) is 46.9. The van der Waals surface area contributed by atoms with Gasteiger partial charge in [0.15, 0.2) is 6.29 Å². The molecular formula is C63H117NO8. The van der Waals surface area contributed by atoms with Crippen LogP contribution in [0, 0.1) is 0 Å². The van der Waals surface area contributed by atoms with Gasteiger partial charge >= 0.3 is 0 Å². The van der Waals surface area contributed by atoms with Crippen LogP contribution in [-0.2, 0) is 14.3 Å². The molecule has 0 aromatic heterocycles. The predicted octanol–water partition coefficient (Wildman–Crippen LogP) is 15.7. The molecule has 7 atom stereocenters. The van der Waals surface area contributed by atoms with Crippen molar-refractivity contribution in [3.05, 3.63) is 48.6 Å². The van der Waals surface area contributed by atoms with Gasteiger partial charge in [0.1, 0.15) is 24.4 Å².